The molecule has 5 rings (SSSR count). The van der Waals surface area contributed by atoms with Gasteiger partial charge in [-0.05, 0) is 80.7 Å². The summed E-state index contributed by atoms with van der Waals surface area (Å²) in [6.45, 7) is 5.10. The highest BCUT2D eigenvalue weighted by Crippen LogP contribution is 2.30. The normalized spacial score (nSPS) is 14.7. The highest BCUT2D eigenvalue weighted by Gasteiger charge is 2.21. The molecule has 0 atom stereocenters. The van der Waals surface area contributed by atoms with Crippen molar-refractivity contribution in [1.82, 2.24) is 19.7 Å². The van der Waals surface area contributed by atoms with Crippen LogP contribution < -0.4 is 10.9 Å². The molecule has 2 aromatic heterocycles. The van der Waals surface area contributed by atoms with Gasteiger partial charge in [0.25, 0.3) is 5.56 Å². The summed E-state index contributed by atoms with van der Waals surface area (Å²) in [6, 6.07) is 19.7. The van der Waals surface area contributed by atoms with Crippen LogP contribution in [0.5, 0.6) is 0 Å². The van der Waals surface area contributed by atoms with Gasteiger partial charge in [-0.3, -0.25) is 14.6 Å². The van der Waals surface area contributed by atoms with Gasteiger partial charge in [0.05, 0.1) is 11.1 Å². The molecular formula is C29H31N5O2. The van der Waals surface area contributed by atoms with Gasteiger partial charge in [-0.25, -0.2) is 4.68 Å². The van der Waals surface area contributed by atoms with Crippen LogP contribution in [0.2, 0.25) is 0 Å². The molecule has 0 unspecified atom stereocenters. The molecule has 7 nitrogen and oxygen atoms in total. The van der Waals surface area contributed by atoms with Gasteiger partial charge in [0.15, 0.2) is 0 Å². The summed E-state index contributed by atoms with van der Waals surface area (Å²) in [5.74, 6) is 0.456. The average Bonchev–Trinajstić information content (AvgIpc) is 2.91. The molecule has 1 aliphatic heterocycles. The number of pyridine rings is 1. The number of benzene rings is 2. The van der Waals surface area contributed by atoms with E-state index in [4.69, 9.17) is 5.10 Å². The Balaban J connectivity index is 1.22. The SMILES string of the molecule is CC(=O)Nc1cccc(C2CCN(CCCn3nc(-c4ccncc4)c4ccccc4c3=O)CC2)c1. The lowest BCUT2D eigenvalue weighted by Crippen LogP contribution is -2.34. The first kappa shape index (κ1) is 23.9. The number of fused-ring (bicyclic) bond motifs is 1. The minimum Gasteiger partial charge on any atom is -0.326 e. The van der Waals surface area contributed by atoms with E-state index in [9.17, 15) is 9.59 Å². The number of amides is 1. The lowest BCUT2D eigenvalue weighted by atomic mass is 9.89. The Morgan fingerprint density at radius 2 is 1.72 bits per heavy atom. The van der Waals surface area contributed by atoms with Crippen LogP contribution in [-0.2, 0) is 11.3 Å². The molecule has 2 aromatic carbocycles. The Morgan fingerprint density at radius 1 is 0.972 bits per heavy atom. The fourth-order valence-corrected chi connectivity index (χ4v) is 5.12. The second-order valence-corrected chi connectivity index (χ2v) is 9.43. The van der Waals surface area contributed by atoms with E-state index in [1.165, 1.54) is 12.5 Å². The van der Waals surface area contributed by atoms with Crippen LogP contribution >= 0.6 is 0 Å². The second kappa shape index (κ2) is 10.8. The predicted molar refractivity (Wildman–Crippen MR) is 143 cm³/mol. The van der Waals surface area contributed by atoms with E-state index in [1.807, 2.05) is 48.5 Å². The van der Waals surface area contributed by atoms with Crippen molar-refractivity contribution in [2.45, 2.75) is 38.6 Å². The minimum atomic E-state index is -0.0464. The number of aryl methyl sites for hydroxylation is 1. The smallest absolute Gasteiger partial charge is 0.274 e. The minimum absolute atomic E-state index is 0.0406. The Kier molecular flexibility index (Phi) is 7.18. The molecule has 1 N–H and O–H groups in total. The molecule has 4 aromatic rings. The van der Waals surface area contributed by atoms with E-state index in [2.05, 4.69) is 27.3 Å². The standard InChI is InChI=1S/C29H31N5O2/c1-21(35)31-25-7-4-6-24(20-25)22-12-18-33(19-13-22)16-5-17-34-29(36)27-9-3-2-8-26(27)28(32-34)23-10-14-30-15-11-23/h2-4,6-11,14-15,20,22H,5,12-13,16-19H2,1H3,(H,31,35). The van der Waals surface area contributed by atoms with Crippen molar-refractivity contribution < 1.29 is 4.79 Å². The zero-order valence-corrected chi connectivity index (χ0v) is 20.6. The predicted octanol–water partition coefficient (Wildman–Crippen LogP) is 4.69. The van der Waals surface area contributed by atoms with Crippen molar-refractivity contribution in [2.24, 2.45) is 0 Å². The number of carbonyl (C=O) groups excluding carboxylic acids is 1. The summed E-state index contributed by atoms with van der Waals surface area (Å²) in [4.78, 5) is 31.1. The van der Waals surface area contributed by atoms with Gasteiger partial charge in [-0.2, -0.15) is 5.10 Å². The van der Waals surface area contributed by atoms with E-state index < -0.39 is 0 Å². The van der Waals surface area contributed by atoms with Gasteiger partial charge < -0.3 is 10.2 Å². The van der Waals surface area contributed by atoms with Crippen LogP contribution in [0.15, 0.2) is 77.9 Å². The molecule has 1 fully saturated rings. The molecule has 1 aliphatic rings. The number of aromatic nitrogens is 3. The van der Waals surface area contributed by atoms with Gasteiger partial charge >= 0.3 is 0 Å². The van der Waals surface area contributed by atoms with Crippen molar-refractivity contribution in [3.63, 3.8) is 0 Å². The highest BCUT2D eigenvalue weighted by atomic mass is 16.1. The summed E-state index contributed by atoms with van der Waals surface area (Å²) in [5.41, 5.74) is 3.88. The van der Waals surface area contributed by atoms with Crippen LogP contribution in [0.25, 0.3) is 22.0 Å². The van der Waals surface area contributed by atoms with Crippen LogP contribution in [0.1, 0.15) is 37.7 Å². The maximum atomic E-state index is 13.1. The van der Waals surface area contributed by atoms with Gasteiger partial charge in [0.2, 0.25) is 5.91 Å². The molecule has 36 heavy (non-hydrogen) atoms. The largest absolute Gasteiger partial charge is 0.326 e. The van der Waals surface area contributed by atoms with E-state index in [0.29, 0.717) is 17.8 Å². The molecule has 0 bridgehead atoms. The van der Waals surface area contributed by atoms with Crippen molar-refractivity contribution in [2.75, 3.05) is 25.0 Å². The van der Waals surface area contributed by atoms with E-state index in [-0.39, 0.29) is 11.5 Å². The number of hydrogen-bond acceptors (Lipinski definition) is 5. The first-order valence-corrected chi connectivity index (χ1v) is 12.6. The number of anilines is 1. The Bertz CT molecular complexity index is 1410. The summed E-state index contributed by atoms with van der Waals surface area (Å²) in [6.07, 6.45) is 6.54. The summed E-state index contributed by atoms with van der Waals surface area (Å²) in [7, 11) is 0. The average molecular weight is 482 g/mol. The van der Waals surface area contributed by atoms with Crippen molar-refractivity contribution >= 4 is 22.4 Å². The fourth-order valence-electron chi connectivity index (χ4n) is 5.12. The Labute approximate surface area is 210 Å². The maximum absolute atomic E-state index is 13.1. The second-order valence-electron chi connectivity index (χ2n) is 9.43. The van der Waals surface area contributed by atoms with Gasteiger partial charge in [-0.15, -0.1) is 0 Å². The number of rotatable bonds is 7. The number of nitrogens with one attached hydrogen (secondary N) is 1. The summed E-state index contributed by atoms with van der Waals surface area (Å²) >= 11 is 0. The number of hydrogen-bond donors (Lipinski definition) is 1. The third kappa shape index (κ3) is 5.36. The van der Waals surface area contributed by atoms with Gasteiger partial charge in [0, 0.05) is 42.5 Å². The van der Waals surface area contributed by atoms with Crippen LogP contribution in [0.4, 0.5) is 5.69 Å². The quantitative estimate of drug-likeness (QED) is 0.414. The molecule has 0 spiro atoms. The number of nitrogens with zero attached hydrogens (tertiary/aromatic N) is 4. The lowest BCUT2D eigenvalue weighted by Gasteiger charge is -2.32. The third-order valence-corrected chi connectivity index (χ3v) is 6.93. The first-order chi connectivity index (χ1) is 17.6. The molecule has 1 amide bonds. The molecule has 184 valence electrons. The van der Waals surface area contributed by atoms with Crippen LogP contribution in [0, 0.1) is 0 Å². The monoisotopic (exact) mass is 481 g/mol. The number of piperidine rings is 1. The molecule has 0 radical (unpaired) electrons. The lowest BCUT2D eigenvalue weighted by molar-refractivity contribution is -0.114. The highest BCUT2D eigenvalue weighted by molar-refractivity contribution is 5.93. The molecule has 0 aliphatic carbocycles. The summed E-state index contributed by atoms with van der Waals surface area (Å²) < 4.78 is 1.62. The van der Waals surface area contributed by atoms with Gasteiger partial charge in [0.1, 0.15) is 0 Å². The van der Waals surface area contributed by atoms with Crippen LogP contribution in [-0.4, -0.2) is 45.2 Å². The Hall–Kier alpha value is -3.84. The first-order valence-electron chi connectivity index (χ1n) is 12.6. The molecule has 7 heteroatoms. The van der Waals surface area contributed by atoms with E-state index in [0.717, 1.165) is 61.2 Å². The zero-order valence-electron chi connectivity index (χ0n) is 20.6. The third-order valence-electron chi connectivity index (χ3n) is 6.93. The van der Waals surface area contributed by atoms with Gasteiger partial charge in [-0.1, -0.05) is 30.3 Å². The van der Waals surface area contributed by atoms with E-state index in [1.54, 1.807) is 17.1 Å². The number of likely N-dealkylation sites (tertiary alicyclic amines) is 1. The molecule has 3 heterocycles. The number of carbonyl (C=O) groups is 1. The van der Waals surface area contributed by atoms with Crippen molar-refractivity contribution in [3.05, 3.63) is 89.0 Å². The van der Waals surface area contributed by atoms with Crippen molar-refractivity contribution in [1.29, 1.82) is 0 Å². The van der Waals surface area contributed by atoms with E-state index >= 15 is 0 Å². The summed E-state index contributed by atoms with van der Waals surface area (Å²) in [5, 5.41) is 9.21. The molecule has 0 saturated carbocycles. The maximum Gasteiger partial charge on any atom is 0.274 e. The zero-order chi connectivity index (χ0) is 24.9. The molecular weight excluding hydrogens is 450 g/mol. The topological polar surface area (TPSA) is 80.1 Å². The molecule has 1 saturated heterocycles. The van der Waals surface area contributed by atoms with Crippen molar-refractivity contribution in [3.8, 4) is 11.3 Å². The fraction of sp³-hybridized carbons (Fsp3) is 0.310. The Morgan fingerprint density at radius 3 is 2.47 bits per heavy atom. The van der Waals surface area contributed by atoms with Crippen LogP contribution in [0.3, 0.4) is 0 Å².